The van der Waals surface area contributed by atoms with Gasteiger partial charge in [0, 0.05) is 31.6 Å². The van der Waals surface area contributed by atoms with E-state index in [1.165, 1.54) is 12.1 Å². The number of aromatic hydroxyl groups is 1. The summed E-state index contributed by atoms with van der Waals surface area (Å²) < 4.78 is 13.0. The fraction of sp³-hybridized carbons (Fsp3) is 0.462. The molecular weight excluding hydrogens is 235 g/mol. The van der Waals surface area contributed by atoms with Gasteiger partial charge in [-0.2, -0.15) is 0 Å². The monoisotopic (exact) mass is 254 g/mol. The quantitative estimate of drug-likeness (QED) is 0.672. The first kappa shape index (κ1) is 14.4. The van der Waals surface area contributed by atoms with Gasteiger partial charge in [0.1, 0.15) is 11.6 Å². The fourth-order valence-electron chi connectivity index (χ4n) is 1.45. The lowest BCUT2D eigenvalue weighted by atomic mass is 10.2. The molecule has 1 rings (SSSR count). The van der Waals surface area contributed by atoms with Crippen LogP contribution in [0.5, 0.6) is 5.75 Å². The first-order valence-electron chi connectivity index (χ1n) is 5.96. The van der Waals surface area contributed by atoms with Crippen LogP contribution in [-0.4, -0.2) is 24.1 Å². The molecule has 0 radical (unpaired) electrons. The van der Waals surface area contributed by atoms with Crippen LogP contribution in [0.25, 0.3) is 0 Å². The standard InChI is InChI=1S/C13H19FN2O2/c1-9(2)13(18)16-4-3-15-8-10-5-11(14)7-12(17)6-10/h5-7,9,15,17H,3-4,8H2,1-2H3,(H,16,18). The number of halogens is 1. The second-order valence-electron chi connectivity index (χ2n) is 4.44. The normalized spacial score (nSPS) is 10.7. The van der Waals surface area contributed by atoms with Crippen molar-refractivity contribution >= 4 is 5.91 Å². The molecule has 0 unspecified atom stereocenters. The molecule has 0 aliphatic heterocycles. The van der Waals surface area contributed by atoms with Gasteiger partial charge in [0.05, 0.1) is 0 Å². The van der Waals surface area contributed by atoms with Crippen molar-refractivity contribution < 1.29 is 14.3 Å². The Morgan fingerprint density at radius 1 is 1.33 bits per heavy atom. The number of carbonyl (C=O) groups is 1. The Kier molecular flexibility index (Phi) is 5.58. The van der Waals surface area contributed by atoms with Crippen LogP contribution in [0.3, 0.4) is 0 Å². The molecule has 4 nitrogen and oxygen atoms in total. The SMILES string of the molecule is CC(C)C(=O)NCCNCc1cc(O)cc(F)c1. The van der Waals surface area contributed by atoms with Crippen molar-refractivity contribution in [2.45, 2.75) is 20.4 Å². The molecule has 0 aliphatic rings. The van der Waals surface area contributed by atoms with E-state index in [-0.39, 0.29) is 17.6 Å². The maximum absolute atomic E-state index is 13.0. The summed E-state index contributed by atoms with van der Waals surface area (Å²) in [5, 5.41) is 15.0. The number of phenols is 1. The van der Waals surface area contributed by atoms with Crippen LogP contribution in [0.4, 0.5) is 4.39 Å². The summed E-state index contributed by atoms with van der Waals surface area (Å²) in [4.78, 5) is 11.2. The Morgan fingerprint density at radius 3 is 2.67 bits per heavy atom. The van der Waals surface area contributed by atoms with Gasteiger partial charge in [-0.15, -0.1) is 0 Å². The molecule has 1 aromatic rings. The van der Waals surface area contributed by atoms with E-state index >= 15 is 0 Å². The zero-order valence-corrected chi connectivity index (χ0v) is 10.7. The fourth-order valence-corrected chi connectivity index (χ4v) is 1.45. The molecule has 0 aliphatic carbocycles. The molecule has 0 bridgehead atoms. The van der Waals surface area contributed by atoms with Crippen LogP contribution in [-0.2, 0) is 11.3 Å². The average Bonchev–Trinajstić information content (AvgIpc) is 2.26. The van der Waals surface area contributed by atoms with E-state index in [1.807, 2.05) is 13.8 Å². The Balaban J connectivity index is 2.24. The minimum atomic E-state index is -0.458. The summed E-state index contributed by atoms with van der Waals surface area (Å²) in [6, 6.07) is 3.93. The van der Waals surface area contributed by atoms with E-state index in [9.17, 15) is 14.3 Å². The second kappa shape index (κ2) is 6.96. The van der Waals surface area contributed by atoms with Crippen molar-refractivity contribution in [2.24, 2.45) is 5.92 Å². The highest BCUT2D eigenvalue weighted by molar-refractivity contribution is 5.77. The first-order valence-corrected chi connectivity index (χ1v) is 5.96. The van der Waals surface area contributed by atoms with E-state index in [0.717, 1.165) is 6.07 Å². The number of benzene rings is 1. The Bertz CT molecular complexity index is 388. The van der Waals surface area contributed by atoms with E-state index in [1.54, 1.807) is 0 Å². The minimum absolute atomic E-state index is 0.0141. The molecular formula is C13H19FN2O2. The number of hydrogen-bond donors (Lipinski definition) is 3. The zero-order valence-electron chi connectivity index (χ0n) is 10.7. The van der Waals surface area contributed by atoms with Crippen molar-refractivity contribution in [1.82, 2.24) is 10.6 Å². The highest BCUT2D eigenvalue weighted by Gasteiger charge is 2.04. The van der Waals surface area contributed by atoms with Crippen molar-refractivity contribution in [3.63, 3.8) is 0 Å². The van der Waals surface area contributed by atoms with Gasteiger partial charge in [-0.25, -0.2) is 4.39 Å². The van der Waals surface area contributed by atoms with E-state index in [4.69, 9.17) is 0 Å². The molecule has 1 aromatic carbocycles. The lowest BCUT2D eigenvalue weighted by molar-refractivity contribution is -0.123. The van der Waals surface area contributed by atoms with Crippen molar-refractivity contribution in [3.05, 3.63) is 29.6 Å². The van der Waals surface area contributed by atoms with Gasteiger partial charge in [-0.05, 0) is 17.7 Å². The summed E-state index contributed by atoms with van der Waals surface area (Å²) in [5.41, 5.74) is 0.669. The molecule has 1 amide bonds. The smallest absolute Gasteiger partial charge is 0.222 e. The largest absolute Gasteiger partial charge is 0.508 e. The molecule has 100 valence electrons. The number of nitrogens with one attached hydrogen (secondary N) is 2. The second-order valence-corrected chi connectivity index (χ2v) is 4.44. The Hall–Kier alpha value is -1.62. The molecule has 0 spiro atoms. The molecule has 0 aromatic heterocycles. The van der Waals surface area contributed by atoms with Gasteiger partial charge in [0.25, 0.3) is 0 Å². The third-order valence-electron chi connectivity index (χ3n) is 2.40. The third-order valence-corrected chi connectivity index (χ3v) is 2.40. The van der Waals surface area contributed by atoms with Crippen LogP contribution < -0.4 is 10.6 Å². The zero-order chi connectivity index (χ0) is 13.5. The highest BCUT2D eigenvalue weighted by atomic mass is 19.1. The number of carbonyl (C=O) groups excluding carboxylic acids is 1. The third kappa shape index (κ3) is 5.14. The van der Waals surface area contributed by atoms with Gasteiger partial charge in [-0.1, -0.05) is 13.8 Å². The van der Waals surface area contributed by atoms with E-state index in [0.29, 0.717) is 25.2 Å². The topological polar surface area (TPSA) is 61.4 Å². The molecule has 0 saturated carbocycles. The molecule has 0 saturated heterocycles. The average molecular weight is 254 g/mol. The number of hydrogen-bond acceptors (Lipinski definition) is 3. The summed E-state index contributed by atoms with van der Waals surface area (Å²) >= 11 is 0. The van der Waals surface area contributed by atoms with Crippen LogP contribution in [0.2, 0.25) is 0 Å². The van der Waals surface area contributed by atoms with Crippen LogP contribution in [0, 0.1) is 11.7 Å². The number of rotatable bonds is 6. The lowest BCUT2D eigenvalue weighted by Crippen LogP contribution is -2.34. The molecule has 0 atom stereocenters. The highest BCUT2D eigenvalue weighted by Crippen LogP contribution is 2.14. The predicted molar refractivity (Wildman–Crippen MR) is 67.6 cm³/mol. The van der Waals surface area contributed by atoms with Crippen molar-refractivity contribution in [3.8, 4) is 5.75 Å². The van der Waals surface area contributed by atoms with E-state index < -0.39 is 5.82 Å². The van der Waals surface area contributed by atoms with Gasteiger partial charge in [-0.3, -0.25) is 4.79 Å². The first-order chi connectivity index (χ1) is 8.49. The summed E-state index contributed by atoms with van der Waals surface area (Å²) in [7, 11) is 0. The minimum Gasteiger partial charge on any atom is -0.508 e. The van der Waals surface area contributed by atoms with Gasteiger partial charge >= 0.3 is 0 Å². The molecule has 18 heavy (non-hydrogen) atoms. The molecule has 0 fully saturated rings. The van der Waals surface area contributed by atoms with Crippen molar-refractivity contribution in [1.29, 1.82) is 0 Å². The van der Waals surface area contributed by atoms with E-state index in [2.05, 4.69) is 10.6 Å². The summed E-state index contributed by atoms with van der Waals surface area (Å²) in [6.07, 6.45) is 0. The molecule has 0 heterocycles. The number of amides is 1. The summed E-state index contributed by atoms with van der Waals surface area (Å²) in [6.45, 7) is 5.23. The van der Waals surface area contributed by atoms with Gasteiger partial charge in [0.2, 0.25) is 5.91 Å². The maximum Gasteiger partial charge on any atom is 0.222 e. The number of phenolic OH excluding ortho intramolecular Hbond substituents is 1. The Morgan fingerprint density at radius 2 is 2.06 bits per heavy atom. The van der Waals surface area contributed by atoms with Crippen LogP contribution >= 0.6 is 0 Å². The molecule has 3 N–H and O–H groups in total. The lowest BCUT2D eigenvalue weighted by Gasteiger charge is -2.09. The predicted octanol–water partition coefficient (Wildman–Crippen LogP) is 1.39. The molecule has 5 heteroatoms. The Labute approximate surface area is 106 Å². The maximum atomic E-state index is 13.0. The summed E-state index contributed by atoms with van der Waals surface area (Å²) in [5.74, 6) is -0.551. The van der Waals surface area contributed by atoms with Gasteiger partial charge < -0.3 is 15.7 Å². The van der Waals surface area contributed by atoms with Gasteiger partial charge in [0.15, 0.2) is 0 Å². The van der Waals surface area contributed by atoms with Crippen LogP contribution in [0.15, 0.2) is 18.2 Å². The van der Waals surface area contributed by atoms with Crippen LogP contribution in [0.1, 0.15) is 19.4 Å². The van der Waals surface area contributed by atoms with Crippen molar-refractivity contribution in [2.75, 3.05) is 13.1 Å².